The number of anilines is 1. The van der Waals surface area contributed by atoms with Crippen molar-refractivity contribution in [3.05, 3.63) is 29.8 Å². The van der Waals surface area contributed by atoms with Crippen LogP contribution in [-0.4, -0.2) is 66.7 Å². The zero-order valence-electron chi connectivity index (χ0n) is 18.4. The van der Waals surface area contributed by atoms with E-state index < -0.39 is 23.3 Å². The quantitative estimate of drug-likeness (QED) is 0.643. The molecular formula is C23H30F3N3O3. The molecule has 4 rings (SSSR count). The third-order valence-electron chi connectivity index (χ3n) is 7.07. The zero-order chi connectivity index (χ0) is 22.9. The molecule has 0 saturated carbocycles. The lowest BCUT2D eigenvalue weighted by Gasteiger charge is -2.34. The summed E-state index contributed by atoms with van der Waals surface area (Å²) in [7, 11) is 0. The second-order valence-electron chi connectivity index (χ2n) is 8.95. The topological polar surface area (TPSA) is 53.1 Å². The van der Waals surface area contributed by atoms with Gasteiger partial charge in [0.05, 0.1) is 11.3 Å². The van der Waals surface area contributed by atoms with Crippen molar-refractivity contribution in [2.45, 2.75) is 50.7 Å². The van der Waals surface area contributed by atoms with Gasteiger partial charge in [-0.05, 0) is 75.8 Å². The van der Waals surface area contributed by atoms with Gasteiger partial charge in [0.15, 0.2) is 0 Å². The summed E-state index contributed by atoms with van der Waals surface area (Å²) in [6, 6.07) is 3.80. The lowest BCUT2D eigenvalue weighted by molar-refractivity contribution is -0.137. The van der Waals surface area contributed by atoms with E-state index in [1.807, 2.05) is 6.92 Å². The largest absolute Gasteiger partial charge is 0.416 e. The summed E-state index contributed by atoms with van der Waals surface area (Å²) < 4.78 is 44.3. The van der Waals surface area contributed by atoms with E-state index in [-0.39, 0.29) is 11.6 Å². The van der Waals surface area contributed by atoms with Crippen LogP contribution in [0.5, 0.6) is 0 Å². The molecular weight excluding hydrogens is 423 g/mol. The van der Waals surface area contributed by atoms with Gasteiger partial charge in [-0.25, -0.2) is 9.69 Å². The highest BCUT2D eigenvalue weighted by atomic mass is 19.4. The summed E-state index contributed by atoms with van der Waals surface area (Å²) in [4.78, 5) is 31.9. The number of likely N-dealkylation sites (N-methyl/N-ethyl adjacent to an activating group) is 1. The number of benzene rings is 1. The smallest absolute Gasteiger partial charge is 0.381 e. The number of hydrogen-bond donors (Lipinski definition) is 0. The molecule has 0 bridgehead atoms. The molecule has 176 valence electrons. The number of hydrogen-bond acceptors (Lipinski definition) is 4. The molecule has 0 unspecified atom stereocenters. The lowest BCUT2D eigenvalue weighted by Crippen LogP contribution is -2.50. The maximum atomic E-state index is 13.6. The Balaban J connectivity index is 1.53. The van der Waals surface area contributed by atoms with E-state index in [1.54, 1.807) is 4.90 Å². The molecule has 3 aliphatic rings. The summed E-state index contributed by atoms with van der Waals surface area (Å²) in [6.45, 7) is 6.36. The minimum atomic E-state index is -4.47. The first-order valence-corrected chi connectivity index (χ1v) is 11.4. The van der Waals surface area contributed by atoms with Gasteiger partial charge in [-0.3, -0.25) is 4.79 Å². The number of alkyl halides is 3. The molecule has 9 heteroatoms. The average Bonchev–Trinajstić information content (AvgIpc) is 2.88. The van der Waals surface area contributed by atoms with Crippen molar-refractivity contribution in [1.82, 2.24) is 9.80 Å². The number of amides is 3. The molecule has 0 radical (unpaired) electrons. The summed E-state index contributed by atoms with van der Waals surface area (Å²) >= 11 is 0. The van der Waals surface area contributed by atoms with Gasteiger partial charge in [0.1, 0.15) is 5.54 Å². The van der Waals surface area contributed by atoms with Crippen LogP contribution in [0.25, 0.3) is 0 Å². The number of carbonyl (C=O) groups is 2. The van der Waals surface area contributed by atoms with Crippen LogP contribution in [0.2, 0.25) is 0 Å². The Morgan fingerprint density at radius 2 is 1.75 bits per heavy atom. The number of likely N-dealkylation sites (tertiary alicyclic amines) is 1. The molecule has 3 heterocycles. The number of imide groups is 1. The Labute approximate surface area is 186 Å². The first-order chi connectivity index (χ1) is 15.3. The minimum Gasteiger partial charge on any atom is -0.381 e. The van der Waals surface area contributed by atoms with Crippen LogP contribution in [-0.2, 0) is 15.7 Å². The molecule has 6 nitrogen and oxygen atoms in total. The summed E-state index contributed by atoms with van der Waals surface area (Å²) in [5.41, 5.74) is -1.55. The standard InChI is InChI=1S/C23H30F3N3O3/c1-2-28-21(31)29(19-6-4-18(5-7-19)23(24,25)26)20(30)22(28)10-3-12-27(13-11-22)16-17-8-14-32-15-9-17/h4-7,17H,2-3,8-16H2,1H3/t22-/m1/s1. The normalized spacial score (nSPS) is 26.2. The molecule has 32 heavy (non-hydrogen) atoms. The Bertz CT molecular complexity index is 839. The van der Waals surface area contributed by atoms with Crippen molar-refractivity contribution in [2.75, 3.05) is 44.3 Å². The summed E-state index contributed by atoms with van der Waals surface area (Å²) in [5.74, 6) is 0.265. The van der Waals surface area contributed by atoms with Crippen molar-refractivity contribution in [3.63, 3.8) is 0 Å². The van der Waals surface area contributed by atoms with Crippen LogP contribution in [0.3, 0.4) is 0 Å². The van der Waals surface area contributed by atoms with Gasteiger partial charge in [0.25, 0.3) is 5.91 Å². The van der Waals surface area contributed by atoms with E-state index in [9.17, 15) is 22.8 Å². The van der Waals surface area contributed by atoms with Crippen LogP contribution in [0, 0.1) is 5.92 Å². The highest BCUT2D eigenvalue weighted by Gasteiger charge is 2.57. The van der Waals surface area contributed by atoms with Gasteiger partial charge in [-0.2, -0.15) is 13.2 Å². The number of rotatable bonds is 4. The Kier molecular flexibility index (Phi) is 6.49. The van der Waals surface area contributed by atoms with E-state index in [4.69, 9.17) is 4.74 Å². The Hall–Kier alpha value is -2.13. The second kappa shape index (κ2) is 9.02. The lowest BCUT2D eigenvalue weighted by atomic mass is 9.88. The summed E-state index contributed by atoms with van der Waals surface area (Å²) in [5, 5.41) is 0. The number of urea groups is 1. The van der Waals surface area contributed by atoms with Crippen LogP contribution < -0.4 is 4.90 Å². The van der Waals surface area contributed by atoms with Gasteiger partial charge in [-0.1, -0.05) is 0 Å². The maximum Gasteiger partial charge on any atom is 0.416 e. The first kappa shape index (κ1) is 23.0. The maximum absolute atomic E-state index is 13.6. The number of ether oxygens (including phenoxy) is 1. The van der Waals surface area contributed by atoms with E-state index >= 15 is 0 Å². The van der Waals surface area contributed by atoms with Gasteiger partial charge in [0, 0.05) is 32.8 Å². The molecule has 1 aromatic rings. The number of nitrogens with zero attached hydrogens (tertiary/aromatic N) is 3. The van der Waals surface area contributed by atoms with Crippen molar-refractivity contribution >= 4 is 17.6 Å². The van der Waals surface area contributed by atoms with Crippen LogP contribution in [0.1, 0.15) is 44.6 Å². The van der Waals surface area contributed by atoms with Crippen molar-refractivity contribution in [1.29, 1.82) is 0 Å². The summed E-state index contributed by atoms with van der Waals surface area (Å²) in [6.07, 6.45) is -0.495. The molecule has 0 N–H and O–H groups in total. The minimum absolute atomic E-state index is 0.187. The van der Waals surface area contributed by atoms with Gasteiger partial charge < -0.3 is 14.5 Å². The average molecular weight is 454 g/mol. The van der Waals surface area contributed by atoms with Crippen LogP contribution >= 0.6 is 0 Å². The SMILES string of the molecule is CCN1C(=O)N(c2ccc(C(F)(F)F)cc2)C(=O)[C@]12CCCN(CC1CCOCC1)CC2. The second-order valence-corrected chi connectivity index (χ2v) is 8.95. The fourth-order valence-electron chi connectivity index (χ4n) is 5.31. The van der Waals surface area contributed by atoms with Crippen molar-refractivity contribution < 1.29 is 27.5 Å². The Morgan fingerprint density at radius 1 is 1.06 bits per heavy atom. The molecule has 3 saturated heterocycles. The fraction of sp³-hybridized carbons (Fsp3) is 0.652. The fourth-order valence-corrected chi connectivity index (χ4v) is 5.31. The first-order valence-electron chi connectivity index (χ1n) is 11.4. The van der Waals surface area contributed by atoms with E-state index in [0.717, 1.165) is 62.6 Å². The van der Waals surface area contributed by atoms with E-state index in [2.05, 4.69) is 4.90 Å². The number of halogens is 3. The molecule has 1 atom stereocenters. The highest BCUT2D eigenvalue weighted by molar-refractivity contribution is 6.23. The molecule has 3 fully saturated rings. The van der Waals surface area contributed by atoms with E-state index in [1.165, 1.54) is 12.1 Å². The molecule has 3 amide bonds. The molecule has 0 aromatic heterocycles. The van der Waals surface area contributed by atoms with Crippen molar-refractivity contribution in [2.24, 2.45) is 5.92 Å². The third kappa shape index (κ3) is 4.24. The van der Waals surface area contributed by atoms with E-state index in [0.29, 0.717) is 31.8 Å². The third-order valence-corrected chi connectivity index (χ3v) is 7.07. The van der Waals surface area contributed by atoms with Gasteiger partial charge >= 0.3 is 12.2 Å². The molecule has 1 spiro atoms. The van der Waals surface area contributed by atoms with Crippen LogP contribution in [0.4, 0.5) is 23.7 Å². The predicted octanol–water partition coefficient (Wildman–Crippen LogP) is 4.15. The highest BCUT2D eigenvalue weighted by Crippen LogP contribution is 2.40. The number of carbonyl (C=O) groups excluding carboxylic acids is 2. The molecule has 3 aliphatic heterocycles. The zero-order valence-corrected chi connectivity index (χ0v) is 18.4. The van der Waals surface area contributed by atoms with Crippen LogP contribution in [0.15, 0.2) is 24.3 Å². The van der Waals surface area contributed by atoms with Gasteiger partial charge in [-0.15, -0.1) is 0 Å². The monoisotopic (exact) mass is 453 g/mol. The Morgan fingerprint density at radius 3 is 2.38 bits per heavy atom. The predicted molar refractivity (Wildman–Crippen MR) is 113 cm³/mol. The molecule has 0 aliphatic carbocycles. The van der Waals surface area contributed by atoms with Gasteiger partial charge in [0.2, 0.25) is 0 Å². The van der Waals surface area contributed by atoms with Crippen molar-refractivity contribution in [3.8, 4) is 0 Å². The molecule has 1 aromatic carbocycles.